The molecule has 0 atom stereocenters. The molecule has 0 aliphatic heterocycles. The van der Waals surface area contributed by atoms with E-state index in [9.17, 15) is 4.79 Å². The van der Waals surface area contributed by atoms with Crippen molar-refractivity contribution in [3.8, 4) is 11.6 Å². The fraction of sp³-hybridized carbons (Fsp3) is 0.375. The number of aromatic nitrogens is 5. The van der Waals surface area contributed by atoms with Crippen molar-refractivity contribution >= 4 is 5.97 Å². The molecule has 3 rings (SSSR count). The Bertz CT molecular complexity index is 861. The third-order valence-electron chi connectivity index (χ3n) is 4.03. The highest BCUT2D eigenvalue weighted by atomic mass is 16.4. The first-order chi connectivity index (χ1) is 11.5. The minimum Gasteiger partial charge on any atom is -0.480 e. The van der Waals surface area contributed by atoms with E-state index >= 15 is 0 Å². The number of hydrogen-bond donors (Lipinski definition) is 1. The molecule has 0 saturated heterocycles. The molecular weight excluding hydrogens is 310 g/mol. The van der Waals surface area contributed by atoms with E-state index in [1.807, 2.05) is 25.6 Å². The summed E-state index contributed by atoms with van der Waals surface area (Å²) in [6.07, 6.45) is 2.84. The molecule has 3 aromatic heterocycles. The van der Waals surface area contributed by atoms with Crippen molar-refractivity contribution in [1.82, 2.24) is 24.5 Å². The Hall–Kier alpha value is -2.90. The summed E-state index contributed by atoms with van der Waals surface area (Å²) in [7, 11) is 1.91. The van der Waals surface area contributed by atoms with Gasteiger partial charge in [-0.3, -0.25) is 9.48 Å². The monoisotopic (exact) mass is 329 g/mol. The van der Waals surface area contributed by atoms with Gasteiger partial charge in [-0.2, -0.15) is 5.10 Å². The van der Waals surface area contributed by atoms with Gasteiger partial charge in [0.1, 0.15) is 12.4 Å². The summed E-state index contributed by atoms with van der Waals surface area (Å²) in [5, 5.41) is 17.8. The lowest BCUT2D eigenvalue weighted by Gasteiger charge is -2.04. The summed E-state index contributed by atoms with van der Waals surface area (Å²) < 4.78 is 8.56. The predicted octanol–water partition coefficient (Wildman–Crippen LogP) is 1.76. The highest BCUT2D eigenvalue weighted by Crippen LogP contribution is 2.19. The van der Waals surface area contributed by atoms with Crippen LogP contribution in [0.15, 0.2) is 22.8 Å². The van der Waals surface area contributed by atoms with Gasteiger partial charge >= 0.3 is 5.97 Å². The van der Waals surface area contributed by atoms with Crippen molar-refractivity contribution in [2.24, 2.45) is 7.05 Å². The van der Waals surface area contributed by atoms with Gasteiger partial charge in [-0.15, -0.1) is 5.10 Å². The first kappa shape index (κ1) is 16.0. The van der Waals surface area contributed by atoms with Crippen molar-refractivity contribution in [2.45, 2.75) is 33.2 Å². The third-order valence-corrected chi connectivity index (χ3v) is 4.03. The summed E-state index contributed by atoms with van der Waals surface area (Å²) in [6, 6.07) is 3.49. The zero-order chi connectivity index (χ0) is 17.3. The number of carbonyl (C=O) groups is 1. The molecule has 0 spiro atoms. The highest BCUT2D eigenvalue weighted by Gasteiger charge is 2.17. The van der Waals surface area contributed by atoms with Gasteiger partial charge in [0.05, 0.1) is 12.0 Å². The van der Waals surface area contributed by atoms with Gasteiger partial charge in [-0.1, -0.05) is 0 Å². The van der Waals surface area contributed by atoms with Gasteiger partial charge in [0, 0.05) is 19.2 Å². The molecule has 0 fully saturated rings. The van der Waals surface area contributed by atoms with Gasteiger partial charge in [-0.25, -0.2) is 9.67 Å². The number of nitrogens with zero attached hydrogens (tertiary/aromatic N) is 5. The van der Waals surface area contributed by atoms with Crippen molar-refractivity contribution in [3.05, 3.63) is 41.2 Å². The van der Waals surface area contributed by atoms with Gasteiger partial charge in [-0.05, 0) is 38.0 Å². The quantitative estimate of drug-likeness (QED) is 0.740. The molecule has 8 nitrogen and oxygen atoms in total. The lowest BCUT2D eigenvalue weighted by molar-refractivity contribution is -0.137. The van der Waals surface area contributed by atoms with Crippen LogP contribution in [-0.4, -0.2) is 35.6 Å². The second-order valence-corrected chi connectivity index (χ2v) is 5.65. The number of aliphatic carboxylic acids is 1. The maximum atomic E-state index is 11.1. The number of furan rings is 1. The second-order valence-electron chi connectivity index (χ2n) is 5.65. The molecule has 0 aromatic carbocycles. The highest BCUT2D eigenvalue weighted by molar-refractivity contribution is 5.66. The van der Waals surface area contributed by atoms with Gasteiger partial charge in [0.15, 0.2) is 5.76 Å². The van der Waals surface area contributed by atoms with Crippen molar-refractivity contribution in [3.63, 3.8) is 0 Å². The molecule has 0 unspecified atom stereocenters. The normalized spacial score (nSPS) is 11.1. The van der Waals surface area contributed by atoms with Crippen molar-refractivity contribution in [1.29, 1.82) is 0 Å². The molecule has 24 heavy (non-hydrogen) atoms. The smallest absolute Gasteiger partial charge is 0.325 e. The Morgan fingerprint density at radius 2 is 2.08 bits per heavy atom. The number of aryl methyl sites for hydroxylation is 3. The lowest BCUT2D eigenvalue weighted by atomic mass is 10.1. The second kappa shape index (κ2) is 6.31. The van der Waals surface area contributed by atoms with Crippen LogP contribution in [0, 0.1) is 13.8 Å². The average molecular weight is 329 g/mol. The number of hydrogen-bond acceptors (Lipinski definition) is 5. The van der Waals surface area contributed by atoms with Gasteiger partial charge in [0.2, 0.25) is 5.82 Å². The SMILES string of the molecule is Cc1nn(C)c(C)c1CCc1nc(-c2ccco2)nn1CC(=O)O. The molecule has 8 heteroatoms. The molecule has 0 radical (unpaired) electrons. The van der Waals surface area contributed by atoms with E-state index < -0.39 is 5.97 Å². The first-order valence-electron chi connectivity index (χ1n) is 7.64. The topological polar surface area (TPSA) is 99.0 Å². The lowest BCUT2D eigenvalue weighted by Crippen LogP contribution is -2.14. The van der Waals surface area contributed by atoms with Crippen LogP contribution in [0.5, 0.6) is 0 Å². The molecule has 0 aliphatic rings. The largest absolute Gasteiger partial charge is 0.480 e. The third kappa shape index (κ3) is 3.08. The summed E-state index contributed by atoms with van der Waals surface area (Å²) in [4.78, 5) is 15.5. The van der Waals surface area contributed by atoms with Crippen LogP contribution in [0.25, 0.3) is 11.6 Å². The van der Waals surface area contributed by atoms with Gasteiger partial charge < -0.3 is 9.52 Å². The zero-order valence-electron chi connectivity index (χ0n) is 13.9. The molecule has 3 heterocycles. The summed E-state index contributed by atoms with van der Waals surface area (Å²) in [5.41, 5.74) is 3.23. The summed E-state index contributed by atoms with van der Waals surface area (Å²) >= 11 is 0. The Balaban J connectivity index is 1.87. The number of carboxylic acids is 1. The molecule has 0 saturated carbocycles. The van der Waals surface area contributed by atoms with E-state index in [1.165, 1.54) is 10.9 Å². The van der Waals surface area contributed by atoms with E-state index in [0.29, 0.717) is 23.8 Å². The predicted molar refractivity (Wildman–Crippen MR) is 85.4 cm³/mol. The molecular formula is C16H19N5O3. The fourth-order valence-electron chi connectivity index (χ4n) is 2.74. The van der Waals surface area contributed by atoms with E-state index in [4.69, 9.17) is 9.52 Å². The first-order valence-corrected chi connectivity index (χ1v) is 7.64. The van der Waals surface area contributed by atoms with E-state index in [2.05, 4.69) is 15.2 Å². The molecule has 1 N–H and O–H groups in total. The van der Waals surface area contributed by atoms with Crippen molar-refractivity contribution in [2.75, 3.05) is 0 Å². The Morgan fingerprint density at radius 1 is 1.29 bits per heavy atom. The Kier molecular flexibility index (Phi) is 4.20. The van der Waals surface area contributed by atoms with Crippen LogP contribution in [0.4, 0.5) is 0 Å². The Labute approximate surface area is 138 Å². The molecule has 0 bridgehead atoms. The maximum Gasteiger partial charge on any atom is 0.325 e. The fourth-order valence-corrected chi connectivity index (χ4v) is 2.74. The van der Waals surface area contributed by atoms with Crippen LogP contribution in [0.3, 0.4) is 0 Å². The standard InChI is InChI=1S/C16H19N5O3/c1-10-12(11(2)20(3)18-10)6-7-14-17-16(13-5-4-8-24-13)19-21(14)9-15(22)23/h4-5,8H,6-7,9H2,1-3H3,(H,22,23). The van der Waals surface area contributed by atoms with Crippen LogP contribution < -0.4 is 0 Å². The minimum absolute atomic E-state index is 0.228. The van der Waals surface area contributed by atoms with E-state index in [0.717, 1.165) is 23.4 Å². The summed E-state index contributed by atoms with van der Waals surface area (Å²) in [6.45, 7) is 3.76. The van der Waals surface area contributed by atoms with Crippen LogP contribution in [0.2, 0.25) is 0 Å². The molecule has 126 valence electrons. The molecule has 3 aromatic rings. The number of rotatable bonds is 6. The van der Waals surface area contributed by atoms with Crippen LogP contribution >= 0.6 is 0 Å². The Morgan fingerprint density at radius 3 is 2.67 bits per heavy atom. The van der Waals surface area contributed by atoms with Crippen LogP contribution in [-0.2, 0) is 31.2 Å². The average Bonchev–Trinajstić information content (AvgIpc) is 3.20. The zero-order valence-corrected chi connectivity index (χ0v) is 13.9. The van der Waals surface area contributed by atoms with E-state index in [1.54, 1.807) is 12.1 Å². The molecule has 0 amide bonds. The van der Waals surface area contributed by atoms with Crippen LogP contribution in [0.1, 0.15) is 22.8 Å². The van der Waals surface area contributed by atoms with Gasteiger partial charge in [0.25, 0.3) is 0 Å². The van der Waals surface area contributed by atoms with Crippen molar-refractivity contribution < 1.29 is 14.3 Å². The molecule has 0 aliphatic carbocycles. The number of carboxylic acid groups (broad SMARTS) is 1. The minimum atomic E-state index is -0.958. The maximum absolute atomic E-state index is 11.1. The van der Waals surface area contributed by atoms with E-state index in [-0.39, 0.29) is 6.54 Å². The summed E-state index contributed by atoms with van der Waals surface area (Å²) in [5.74, 6) is 0.581.